The molecule has 0 aliphatic carbocycles. The number of amides is 2. The van der Waals surface area contributed by atoms with Crippen molar-refractivity contribution in [3.8, 4) is 0 Å². The summed E-state index contributed by atoms with van der Waals surface area (Å²) in [6, 6.07) is 4.43. The zero-order valence-electron chi connectivity index (χ0n) is 23.7. The quantitative estimate of drug-likeness (QED) is 0.349. The van der Waals surface area contributed by atoms with Crippen LogP contribution in [-0.4, -0.2) is 59.3 Å². The van der Waals surface area contributed by atoms with Crippen LogP contribution < -0.4 is 0 Å². The van der Waals surface area contributed by atoms with Crippen molar-refractivity contribution in [1.29, 1.82) is 0 Å². The van der Waals surface area contributed by atoms with Gasteiger partial charge in [0.25, 0.3) is 0 Å². The molecule has 3 unspecified atom stereocenters. The van der Waals surface area contributed by atoms with Crippen LogP contribution in [0, 0.1) is 11.2 Å². The zero-order chi connectivity index (χ0) is 31.8. The van der Waals surface area contributed by atoms with Crippen LogP contribution in [0.1, 0.15) is 68.3 Å². The fraction of sp³-hybridized carbons (Fsp3) is 0.517. The number of halogens is 7. The Bertz CT molecular complexity index is 1240. The minimum absolute atomic E-state index is 0.0177. The third-order valence-electron chi connectivity index (χ3n) is 7.58. The first-order valence-electron chi connectivity index (χ1n) is 13.1. The summed E-state index contributed by atoms with van der Waals surface area (Å²) in [5.41, 5.74) is -3.58. The maximum atomic E-state index is 13.8. The number of hydrogen-bond acceptors (Lipinski definition) is 3. The number of ether oxygens (including phenoxy) is 1. The molecular weight excluding hydrogens is 573 g/mol. The van der Waals surface area contributed by atoms with Crippen molar-refractivity contribution in [1.82, 2.24) is 9.80 Å². The standard InChI is InChI=1S/C29H33F7N2O4/c1-16(18-12-19(28(31,32)33)14-20(13-18)29(34,35)36)37(5)23(39)15-22(17-6-8-21(30)9-7-17)24-25(27(2,3)4)38(26(40)41)10-11-42-24/h6-9,12-14,16,22,24-25H,10-11,15H2,1-5H3,(H,40,41)/t16-,22?,24?,25?/m1/s1. The Morgan fingerprint density at radius 1 is 0.976 bits per heavy atom. The van der Waals surface area contributed by atoms with Gasteiger partial charge >= 0.3 is 18.4 Å². The Hall–Kier alpha value is -3.35. The summed E-state index contributed by atoms with van der Waals surface area (Å²) in [5, 5.41) is 9.89. The van der Waals surface area contributed by atoms with Gasteiger partial charge in [0.2, 0.25) is 5.91 Å². The highest BCUT2D eigenvalue weighted by molar-refractivity contribution is 5.77. The van der Waals surface area contributed by atoms with Crippen molar-refractivity contribution in [2.24, 2.45) is 5.41 Å². The van der Waals surface area contributed by atoms with Crippen LogP contribution in [0.15, 0.2) is 42.5 Å². The highest BCUT2D eigenvalue weighted by Gasteiger charge is 2.47. The SMILES string of the molecule is C[C@H](c1cc(C(F)(F)F)cc(C(F)(F)F)c1)N(C)C(=O)CC(c1ccc(F)cc1)C1OCCN(C(=O)O)C1C(C)(C)C. The largest absolute Gasteiger partial charge is 0.465 e. The number of hydrogen-bond donors (Lipinski definition) is 1. The predicted octanol–water partition coefficient (Wildman–Crippen LogP) is 7.35. The van der Waals surface area contributed by atoms with Crippen molar-refractivity contribution in [3.05, 3.63) is 70.5 Å². The molecular formula is C29H33F7N2O4. The van der Waals surface area contributed by atoms with Crippen LogP contribution in [0.5, 0.6) is 0 Å². The van der Waals surface area contributed by atoms with E-state index in [-0.39, 0.29) is 31.2 Å². The molecule has 13 heteroatoms. The number of carbonyl (C=O) groups excluding carboxylic acids is 1. The van der Waals surface area contributed by atoms with Crippen LogP contribution in [-0.2, 0) is 21.9 Å². The molecule has 1 aliphatic rings. The molecule has 2 aromatic carbocycles. The average Bonchev–Trinajstić information content (AvgIpc) is 2.89. The molecule has 4 atom stereocenters. The second-order valence-corrected chi connectivity index (χ2v) is 11.5. The van der Waals surface area contributed by atoms with E-state index >= 15 is 0 Å². The Kier molecular flexibility index (Phi) is 9.55. The summed E-state index contributed by atoms with van der Waals surface area (Å²) in [5.74, 6) is -2.03. The first kappa shape index (κ1) is 33.2. The lowest BCUT2D eigenvalue weighted by atomic mass is 9.74. The third-order valence-corrected chi connectivity index (χ3v) is 7.58. The lowest BCUT2D eigenvalue weighted by Crippen LogP contribution is -2.60. The molecule has 1 saturated heterocycles. The Balaban J connectivity index is 2.01. The van der Waals surface area contributed by atoms with Crippen molar-refractivity contribution < 1.29 is 50.2 Å². The molecule has 0 aromatic heterocycles. The van der Waals surface area contributed by atoms with Gasteiger partial charge in [-0.3, -0.25) is 9.69 Å². The van der Waals surface area contributed by atoms with Gasteiger partial charge in [0.1, 0.15) is 5.82 Å². The number of benzene rings is 2. The third kappa shape index (κ3) is 7.53. The van der Waals surface area contributed by atoms with Crippen molar-refractivity contribution in [2.45, 2.75) is 70.6 Å². The Labute approximate surface area is 239 Å². The number of morpholine rings is 1. The summed E-state index contributed by atoms with van der Waals surface area (Å²) in [4.78, 5) is 28.0. The van der Waals surface area contributed by atoms with Crippen molar-refractivity contribution in [2.75, 3.05) is 20.2 Å². The predicted molar refractivity (Wildman–Crippen MR) is 139 cm³/mol. The monoisotopic (exact) mass is 606 g/mol. The summed E-state index contributed by atoms with van der Waals surface area (Å²) in [6.07, 6.45) is -12.5. The molecule has 0 bridgehead atoms. The average molecular weight is 607 g/mol. The normalized spacial score (nSPS) is 19.8. The first-order valence-corrected chi connectivity index (χ1v) is 13.1. The van der Waals surface area contributed by atoms with E-state index in [1.807, 2.05) is 0 Å². The Morgan fingerprint density at radius 3 is 1.95 bits per heavy atom. The molecule has 232 valence electrons. The molecule has 0 spiro atoms. The Morgan fingerprint density at radius 2 is 1.50 bits per heavy atom. The lowest BCUT2D eigenvalue weighted by molar-refractivity contribution is -0.143. The number of rotatable bonds is 6. The molecule has 42 heavy (non-hydrogen) atoms. The molecule has 2 aromatic rings. The lowest BCUT2D eigenvalue weighted by Gasteiger charge is -2.49. The van der Waals surface area contributed by atoms with Crippen LogP contribution in [0.25, 0.3) is 0 Å². The fourth-order valence-corrected chi connectivity index (χ4v) is 5.33. The van der Waals surface area contributed by atoms with Crippen LogP contribution in [0.3, 0.4) is 0 Å². The van der Waals surface area contributed by atoms with Crippen molar-refractivity contribution in [3.63, 3.8) is 0 Å². The molecule has 3 rings (SSSR count). The van der Waals surface area contributed by atoms with Gasteiger partial charge in [0.15, 0.2) is 0 Å². The van der Waals surface area contributed by atoms with E-state index in [1.54, 1.807) is 20.8 Å². The van der Waals surface area contributed by atoms with Gasteiger partial charge in [0.05, 0.1) is 35.9 Å². The van der Waals surface area contributed by atoms with Crippen LogP contribution in [0.4, 0.5) is 35.5 Å². The maximum Gasteiger partial charge on any atom is 0.416 e. The molecule has 1 N–H and O–H groups in total. The summed E-state index contributed by atoms with van der Waals surface area (Å²) >= 11 is 0. The van der Waals surface area contributed by atoms with Gasteiger partial charge in [-0.2, -0.15) is 26.3 Å². The summed E-state index contributed by atoms with van der Waals surface area (Å²) in [7, 11) is 1.26. The van der Waals surface area contributed by atoms with Gasteiger partial charge in [0, 0.05) is 25.9 Å². The minimum atomic E-state index is -5.05. The number of carboxylic acid groups (broad SMARTS) is 1. The second-order valence-electron chi connectivity index (χ2n) is 11.5. The second kappa shape index (κ2) is 12.1. The number of nitrogens with zero attached hydrogens (tertiary/aromatic N) is 2. The van der Waals surface area contributed by atoms with E-state index in [0.717, 1.165) is 4.90 Å². The van der Waals surface area contributed by atoms with Gasteiger partial charge in [-0.05, 0) is 53.8 Å². The smallest absolute Gasteiger partial charge is 0.416 e. The topological polar surface area (TPSA) is 70.1 Å². The molecule has 1 heterocycles. The van der Waals surface area contributed by atoms with E-state index in [9.17, 15) is 45.4 Å². The molecule has 0 saturated carbocycles. The van der Waals surface area contributed by atoms with E-state index < -0.39 is 70.8 Å². The number of alkyl halides is 6. The van der Waals surface area contributed by atoms with E-state index in [2.05, 4.69) is 0 Å². The molecule has 1 aliphatic heterocycles. The van der Waals surface area contributed by atoms with Gasteiger partial charge in [-0.25, -0.2) is 9.18 Å². The highest BCUT2D eigenvalue weighted by atomic mass is 19.4. The van der Waals surface area contributed by atoms with Crippen LogP contribution in [0.2, 0.25) is 0 Å². The van der Waals surface area contributed by atoms with E-state index in [4.69, 9.17) is 4.74 Å². The van der Waals surface area contributed by atoms with E-state index in [0.29, 0.717) is 17.7 Å². The molecule has 0 radical (unpaired) electrons. The highest BCUT2D eigenvalue weighted by Crippen LogP contribution is 2.41. The summed E-state index contributed by atoms with van der Waals surface area (Å²) in [6.45, 7) is 6.82. The minimum Gasteiger partial charge on any atom is -0.465 e. The fourth-order valence-electron chi connectivity index (χ4n) is 5.33. The van der Waals surface area contributed by atoms with E-state index in [1.165, 1.54) is 43.1 Å². The van der Waals surface area contributed by atoms with Crippen LogP contribution >= 0.6 is 0 Å². The van der Waals surface area contributed by atoms with Gasteiger partial charge in [-0.1, -0.05) is 32.9 Å². The first-order chi connectivity index (χ1) is 19.2. The zero-order valence-corrected chi connectivity index (χ0v) is 23.7. The number of carbonyl (C=O) groups is 2. The molecule has 6 nitrogen and oxygen atoms in total. The van der Waals surface area contributed by atoms with Gasteiger partial charge < -0.3 is 14.7 Å². The molecule has 2 amide bonds. The van der Waals surface area contributed by atoms with Crippen molar-refractivity contribution >= 4 is 12.0 Å². The van der Waals surface area contributed by atoms with Gasteiger partial charge in [-0.15, -0.1) is 0 Å². The molecule has 1 fully saturated rings. The maximum absolute atomic E-state index is 13.8. The summed E-state index contributed by atoms with van der Waals surface area (Å²) < 4.78 is 100.